The molecule has 0 saturated heterocycles. The van der Waals surface area contributed by atoms with Crippen molar-refractivity contribution in [3.05, 3.63) is 42.6 Å². The Kier molecular flexibility index (Phi) is 13.2. The van der Waals surface area contributed by atoms with Crippen molar-refractivity contribution in [2.75, 3.05) is 6.54 Å². The van der Waals surface area contributed by atoms with E-state index in [2.05, 4.69) is 61.5 Å². The van der Waals surface area contributed by atoms with Gasteiger partial charge in [-0.15, -0.1) is 5.73 Å². The summed E-state index contributed by atoms with van der Waals surface area (Å²) in [4.78, 5) is 4.66. The first-order chi connectivity index (χ1) is 13.6. The second kappa shape index (κ2) is 15.2. The lowest BCUT2D eigenvalue weighted by Crippen LogP contribution is -2.30. The maximum absolute atomic E-state index is 4.66. The van der Waals surface area contributed by atoms with E-state index in [1.54, 1.807) is 6.20 Å². The average molecular weight is 386 g/mol. The quantitative estimate of drug-likeness (QED) is 0.146. The van der Waals surface area contributed by atoms with E-state index in [0.717, 1.165) is 30.2 Å². The van der Waals surface area contributed by atoms with Crippen molar-refractivity contribution in [1.82, 2.24) is 10.6 Å². The molecule has 158 valence electrons. The summed E-state index contributed by atoms with van der Waals surface area (Å²) in [7, 11) is 0. The Morgan fingerprint density at radius 3 is 2.57 bits per heavy atom. The lowest BCUT2D eigenvalue weighted by Gasteiger charge is -2.20. The minimum absolute atomic E-state index is 0.507. The number of rotatable bonds is 15. The zero-order chi connectivity index (χ0) is 20.6. The third-order valence-corrected chi connectivity index (χ3v) is 5.76. The molecule has 0 aromatic rings. The van der Waals surface area contributed by atoms with E-state index in [0.29, 0.717) is 12.0 Å². The van der Waals surface area contributed by atoms with Crippen molar-refractivity contribution in [3.8, 4) is 0 Å². The molecule has 0 spiro atoms. The molecule has 1 aliphatic rings. The largest absolute Gasteiger partial charge is 0.382 e. The summed E-state index contributed by atoms with van der Waals surface area (Å²) < 4.78 is 0. The Bertz CT molecular complexity index is 540. The van der Waals surface area contributed by atoms with Crippen LogP contribution in [0.15, 0.2) is 47.6 Å². The average Bonchev–Trinajstić information content (AvgIpc) is 3.02. The van der Waals surface area contributed by atoms with Crippen molar-refractivity contribution in [2.24, 2.45) is 16.8 Å². The van der Waals surface area contributed by atoms with Crippen molar-refractivity contribution < 1.29 is 0 Å². The van der Waals surface area contributed by atoms with Crippen LogP contribution >= 0.6 is 0 Å². The molecule has 2 N–H and O–H groups in total. The predicted octanol–water partition coefficient (Wildman–Crippen LogP) is 6.51. The Hall–Kier alpha value is -1.73. The smallest absolute Gasteiger partial charge is 0.0431 e. The van der Waals surface area contributed by atoms with Gasteiger partial charge in [0.05, 0.1) is 0 Å². The molecule has 0 bridgehead atoms. The van der Waals surface area contributed by atoms with Crippen LogP contribution in [0.3, 0.4) is 0 Å². The van der Waals surface area contributed by atoms with Crippen LogP contribution in [0.5, 0.6) is 0 Å². The number of unbranched alkanes of at least 4 members (excludes halogenated alkanes) is 6. The van der Waals surface area contributed by atoms with Crippen LogP contribution in [0, 0.1) is 11.8 Å². The molecule has 3 heteroatoms. The van der Waals surface area contributed by atoms with Gasteiger partial charge in [-0.05, 0) is 56.2 Å². The van der Waals surface area contributed by atoms with Gasteiger partial charge >= 0.3 is 0 Å². The van der Waals surface area contributed by atoms with Crippen molar-refractivity contribution in [3.63, 3.8) is 0 Å². The van der Waals surface area contributed by atoms with Gasteiger partial charge < -0.3 is 10.6 Å². The molecule has 0 aliphatic heterocycles. The van der Waals surface area contributed by atoms with Crippen molar-refractivity contribution >= 4 is 6.21 Å². The minimum Gasteiger partial charge on any atom is -0.382 e. The first-order valence-electron chi connectivity index (χ1n) is 11.3. The van der Waals surface area contributed by atoms with Crippen molar-refractivity contribution in [2.45, 2.75) is 91.0 Å². The maximum Gasteiger partial charge on any atom is 0.0431 e. The van der Waals surface area contributed by atoms with Gasteiger partial charge in [-0.25, -0.2) is 0 Å². The van der Waals surface area contributed by atoms with Gasteiger partial charge in [0, 0.05) is 30.7 Å². The highest BCUT2D eigenvalue weighted by molar-refractivity contribution is 5.57. The Labute approximate surface area is 174 Å². The Morgan fingerprint density at radius 2 is 1.86 bits per heavy atom. The zero-order valence-corrected chi connectivity index (χ0v) is 18.6. The predicted molar refractivity (Wildman–Crippen MR) is 125 cm³/mol. The molecule has 1 fully saturated rings. The summed E-state index contributed by atoms with van der Waals surface area (Å²) >= 11 is 0. The van der Waals surface area contributed by atoms with Crippen LogP contribution in [0.2, 0.25) is 0 Å². The fraction of sp³-hybridized carbons (Fsp3) is 0.680. The monoisotopic (exact) mass is 385 g/mol. The van der Waals surface area contributed by atoms with E-state index in [4.69, 9.17) is 0 Å². The van der Waals surface area contributed by atoms with Crippen molar-refractivity contribution in [1.29, 1.82) is 0 Å². The number of allylic oxidation sites excluding steroid dienone is 1. The van der Waals surface area contributed by atoms with E-state index in [9.17, 15) is 0 Å². The first-order valence-corrected chi connectivity index (χ1v) is 11.3. The molecule has 1 aliphatic carbocycles. The number of nitrogens with one attached hydrogen (secondary N) is 2. The van der Waals surface area contributed by atoms with E-state index in [1.807, 2.05) is 6.20 Å². The van der Waals surface area contributed by atoms with Crippen LogP contribution < -0.4 is 10.6 Å². The van der Waals surface area contributed by atoms with Gasteiger partial charge in [0.25, 0.3) is 0 Å². The van der Waals surface area contributed by atoms with Gasteiger partial charge in [0.15, 0.2) is 0 Å². The molecule has 0 radical (unpaired) electrons. The molecule has 0 heterocycles. The molecule has 1 saturated carbocycles. The summed E-state index contributed by atoms with van der Waals surface area (Å²) in [6, 6.07) is 0.507. The Morgan fingerprint density at radius 1 is 1.14 bits per heavy atom. The molecule has 3 unspecified atom stereocenters. The number of nitrogens with zero attached hydrogens (tertiary/aromatic N) is 1. The molecule has 3 nitrogen and oxygen atoms in total. The van der Waals surface area contributed by atoms with Gasteiger partial charge in [-0.3, -0.25) is 4.99 Å². The van der Waals surface area contributed by atoms with Gasteiger partial charge in [-0.1, -0.05) is 65.5 Å². The molecule has 0 aromatic carbocycles. The van der Waals surface area contributed by atoms with Gasteiger partial charge in [0.1, 0.15) is 0 Å². The van der Waals surface area contributed by atoms with Crippen LogP contribution in [0.4, 0.5) is 0 Å². The maximum atomic E-state index is 4.66. The van der Waals surface area contributed by atoms with Gasteiger partial charge in [-0.2, -0.15) is 0 Å². The molecule has 28 heavy (non-hydrogen) atoms. The first kappa shape index (κ1) is 24.3. The fourth-order valence-corrected chi connectivity index (χ4v) is 3.90. The fourth-order valence-electron chi connectivity index (χ4n) is 3.90. The third kappa shape index (κ3) is 10.6. The lowest BCUT2D eigenvalue weighted by molar-refractivity contribution is 0.464. The normalized spacial score (nSPS) is 22.2. The summed E-state index contributed by atoms with van der Waals surface area (Å²) in [5, 5.41) is 6.67. The topological polar surface area (TPSA) is 36.4 Å². The van der Waals surface area contributed by atoms with E-state index >= 15 is 0 Å². The summed E-state index contributed by atoms with van der Waals surface area (Å²) in [5.41, 5.74) is 4.81. The molecule has 0 aromatic heterocycles. The SMILES string of the molecule is C=C=CN/C=C(/C)C(=C)NC1CC(CC=NCCCCCCCCC)CC1C. The third-order valence-electron chi connectivity index (χ3n) is 5.76. The standard InChI is InChI=1S/C25H43N3/c1-6-8-9-10-11-12-13-16-26-17-14-24-18-21(3)25(19-24)28-23(5)22(4)20-27-15-7-2/h15,17,20-21,24-25,27-28H,2,5-6,8-14,16,18-19H2,1,3-4H3/b22-20-,26-17?. The van der Waals surface area contributed by atoms with E-state index in [-0.39, 0.29) is 0 Å². The number of hydrogen-bond acceptors (Lipinski definition) is 3. The molecule has 0 amide bonds. The zero-order valence-electron chi connectivity index (χ0n) is 18.6. The summed E-state index contributed by atoms with van der Waals surface area (Å²) in [5.74, 6) is 1.41. The van der Waals surface area contributed by atoms with E-state index in [1.165, 1.54) is 57.8 Å². The van der Waals surface area contributed by atoms with Crippen LogP contribution in [-0.4, -0.2) is 18.8 Å². The van der Waals surface area contributed by atoms with Crippen LogP contribution in [0.1, 0.15) is 85.0 Å². The molecule has 1 rings (SSSR count). The highest BCUT2D eigenvalue weighted by Gasteiger charge is 2.30. The second-order valence-electron chi connectivity index (χ2n) is 8.33. The molecular weight excluding hydrogens is 342 g/mol. The number of hydrogen-bond donors (Lipinski definition) is 2. The summed E-state index contributed by atoms with van der Waals surface area (Å²) in [6.45, 7) is 15.4. The minimum atomic E-state index is 0.507. The van der Waals surface area contributed by atoms with E-state index < -0.39 is 0 Å². The van der Waals surface area contributed by atoms with Crippen LogP contribution in [0.25, 0.3) is 0 Å². The summed E-state index contributed by atoms with van der Waals surface area (Å²) in [6.07, 6.45) is 18.9. The lowest BCUT2D eigenvalue weighted by atomic mass is 10.0. The highest BCUT2D eigenvalue weighted by atomic mass is 14.9. The highest BCUT2D eigenvalue weighted by Crippen LogP contribution is 2.33. The molecular formula is C25H43N3. The van der Waals surface area contributed by atoms with Gasteiger partial charge in [0.2, 0.25) is 0 Å². The Balaban J connectivity index is 2.20. The second-order valence-corrected chi connectivity index (χ2v) is 8.33. The van der Waals surface area contributed by atoms with Crippen LogP contribution in [-0.2, 0) is 0 Å². The number of aliphatic imine (C=N–C) groups is 1. The molecule has 3 atom stereocenters.